The van der Waals surface area contributed by atoms with Crippen LogP contribution in [0.4, 0.5) is 0 Å². The fourth-order valence-electron chi connectivity index (χ4n) is 1.60. The molecule has 0 amide bonds. The SMILES string of the molecule is CCC(CO)NC(C)CC(C)C(=O)OC. The number of esters is 1. The summed E-state index contributed by atoms with van der Waals surface area (Å²) in [6.07, 6.45) is 1.61. The molecule has 0 aromatic heterocycles. The van der Waals surface area contributed by atoms with Gasteiger partial charge in [0.2, 0.25) is 0 Å². The summed E-state index contributed by atoms with van der Waals surface area (Å²) in [7, 11) is 1.40. The van der Waals surface area contributed by atoms with Crippen LogP contribution in [0.15, 0.2) is 0 Å². The molecule has 0 saturated carbocycles. The number of ether oxygens (including phenoxy) is 1. The molecule has 4 nitrogen and oxygen atoms in total. The van der Waals surface area contributed by atoms with E-state index in [0.717, 1.165) is 12.8 Å². The quantitative estimate of drug-likeness (QED) is 0.623. The maximum absolute atomic E-state index is 11.2. The van der Waals surface area contributed by atoms with Gasteiger partial charge in [-0.05, 0) is 19.8 Å². The zero-order valence-electron chi connectivity index (χ0n) is 10.1. The molecule has 0 saturated heterocycles. The highest BCUT2D eigenvalue weighted by atomic mass is 16.5. The third-order valence-electron chi connectivity index (χ3n) is 2.54. The Morgan fingerprint density at radius 3 is 2.47 bits per heavy atom. The first kappa shape index (κ1) is 14.4. The first-order valence-corrected chi connectivity index (χ1v) is 5.49. The van der Waals surface area contributed by atoms with Crippen molar-refractivity contribution in [3.05, 3.63) is 0 Å². The first-order valence-electron chi connectivity index (χ1n) is 5.49. The molecule has 4 heteroatoms. The molecular formula is C11H23NO3. The van der Waals surface area contributed by atoms with Gasteiger partial charge in [-0.2, -0.15) is 0 Å². The van der Waals surface area contributed by atoms with E-state index in [1.165, 1.54) is 7.11 Å². The number of nitrogens with one attached hydrogen (secondary N) is 1. The molecule has 3 atom stereocenters. The number of hydrogen-bond donors (Lipinski definition) is 2. The highest BCUT2D eigenvalue weighted by molar-refractivity contribution is 5.71. The third-order valence-corrected chi connectivity index (χ3v) is 2.54. The van der Waals surface area contributed by atoms with Gasteiger partial charge in [-0.25, -0.2) is 0 Å². The normalized spacial score (nSPS) is 16.9. The van der Waals surface area contributed by atoms with Crippen LogP contribution in [0.1, 0.15) is 33.6 Å². The van der Waals surface area contributed by atoms with Crippen molar-refractivity contribution in [2.24, 2.45) is 5.92 Å². The highest BCUT2D eigenvalue weighted by Crippen LogP contribution is 2.08. The Hall–Kier alpha value is -0.610. The molecule has 0 spiro atoms. The Morgan fingerprint density at radius 1 is 1.47 bits per heavy atom. The van der Waals surface area contributed by atoms with Crippen molar-refractivity contribution in [1.82, 2.24) is 5.32 Å². The predicted octanol–water partition coefficient (Wildman–Crippen LogP) is 0.935. The van der Waals surface area contributed by atoms with E-state index in [0.29, 0.717) is 0 Å². The minimum atomic E-state index is -0.180. The van der Waals surface area contributed by atoms with E-state index in [1.54, 1.807) is 0 Å². The zero-order valence-corrected chi connectivity index (χ0v) is 10.1. The Labute approximate surface area is 92.0 Å². The Kier molecular flexibility index (Phi) is 7.34. The van der Waals surface area contributed by atoms with E-state index in [2.05, 4.69) is 10.1 Å². The van der Waals surface area contributed by atoms with Gasteiger partial charge >= 0.3 is 5.97 Å². The van der Waals surface area contributed by atoms with Crippen LogP contribution in [0, 0.1) is 5.92 Å². The van der Waals surface area contributed by atoms with Crippen LogP contribution in [-0.2, 0) is 9.53 Å². The lowest BCUT2D eigenvalue weighted by molar-refractivity contribution is -0.145. The number of carbonyl (C=O) groups is 1. The van der Waals surface area contributed by atoms with Crippen molar-refractivity contribution in [3.63, 3.8) is 0 Å². The third kappa shape index (κ3) is 5.74. The van der Waals surface area contributed by atoms with Gasteiger partial charge in [0.25, 0.3) is 0 Å². The van der Waals surface area contributed by atoms with Gasteiger partial charge in [-0.1, -0.05) is 13.8 Å². The van der Waals surface area contributed by atoms with Crippen molar-refractivity contribution >= 4 is 5.97 Å². The first-order chi connectivity index (χ1) is 7.04. The van der Waals surface area contributed by atoms with Gasteiger partial charge in [0.1, 0.15) is 0 Å². The summed E-state index contributed by atoms with van der Waals surface area (Å²) < 4.78 is 4.65. The predicted molar refractivity (Wildman–Crippen MR) is 59.6 cm³/mol. The number of aliphatic hydroxyl groups excluding tert-OH is 1. The van der Waals surface area contributed by atoms with E-state index in [4.69, 9.17) is 5.11 Å². The van der Waals surface area contributed by atoms with E-state index >= 15 is 0 Å². The summed E-state index contributed by atoms with van der Waals surface area (Å²) in [6, 6.07) is 0.320. The molecule has 0 rings (SSSR count). The van der Waals surface area contributed by atoms with Crippen molar-refractivity contribution < 1.29 is 14.6 Å². The van der Waals surface area contributed by atoms with Gasteiger partial charge in [-0.3, -0.25) is 4.79 Å². The van der Waals surface area contributed by atoms with Gasteiger partial charge in [0, 0.05) is 12.1 Å². The van der Waals surface area contributed by atoms with Gasteiger partial charge in [0.05, 0.1) is 19.6 Å². The molecule has 0 aromatic rings. The minimum Gasteiger partial charge on any atom is -0.469 e. The van der Waals surface area contributed by atoms with Crippen molar-refractivity contribution in [3.8, 4) is 0 Å². The highest BCUT2D eigenvalue weighted by Gasteiger charge is 2.18. The topological polar surface area (TPSA) is 58.6 Å². The molecule has 0 aliphatic carbocycles. The molecule has 0 aliphatic heterocycles. The van der Waals surface area contributed by atoms with E-state index in [-0.39, 0.29) is 30.6 Å². The van der Waals surface area contributed by atoms with Gasteiger partial charge in [0.15, 0.2) is 0 Å². The number of rotatable bonds is 7. The molecular weight excluding hydrogens is 194 g/mol. The van der Waals surface area contributed by atoms with Gasteiger partial charge < -0.3 is 15.2 Å². The summed E-state index contributed by atoms with van der Waals surface area (Å²) in [5.74, 6) is -0.283. The fraction of sp³-hybridized carbons (Fsp3) is 0.909. The second-order valence-corrected chi connectivity index (χ2v) is 4.02. The molecule has 2 N–H and O–H groups in total. The van der Waals surface area contributed by atoms with Crippen molar-refractivity contribution in [2.75, 3.05) is 13.7 Å². The summed E-state index contributed by atoms with van der Waals surface area (Å²) in [6.45, 7) is 6.01. The molecule has 90 valence electrons. The molecule has 0 aromatic carbocycles. The molecule has 15 heavy (non-hydrogen) atoms. The number of aliphatic hydroxyl groups is 1. The average molecular weight is 217 g/mol. The maximum Gasteiger partial charge on any atom is 0.308 e. The Balaban J connectivity index is 3.91. The van der Waals surface area contributed by atoms with Gasteiger partial charge in [-0.15, -0.1) is 0 Å². The van der Waals surface area contributed by atoms with E-state index < -0.39 is 0 Å². The summed E-state index contributed by atoms with van der Waals surface area (Å²) in [5, 5.41) is 12.3. The van der Waals surface area contributed by atoms with E-state index in [1.807, 2.05) is 20.8 Å². The molecule has 0 fully saturated rings. The van der Waals surface area contributed by atoms with Crippen molar-refractivity contribution in [1.29, 1.82) is 0 Å². The molecule has 0 radical (unpaired) electrons. The minimum absolute atomic E-state index is 0.103. The second-order valence-electron chi connectivity index (χ2n) is 4.02. The smallest absolute Gasteiger partial charge is 0.308 e. The number of carbonyl (C=O) groups excluding carboxylic acids is 1. The molecule has 0 bridgehead atoms. The van der Waals surface area contributed by atoms with Crippen LogP contribution >= 0.6 is 0 Å². The van der Waals surface area contributed by atoms with Crippen molar-refractivity contribution in [2.45, 2.75) is 45.7 Å². The van der Waals surface area contributed by atoms with Crippen LogP contribution in [0.2, 0.25) is 0 Å². The average Bonchev–Trinajstić information content (AvgIpc) is 2.24. The van der Waals surface area contributed by atoms with Crippen LogP contribution < -0.4 is 5.32 Å². The van der Waals surface area contributed by atoms with Crippen LogP contribution in [0.3, 0.4) is 0 Å². The molecule has 0 heterocycles. The summed E-state index contributed by atoms with van der Waals surface area (Å²) in [5.41, 5.74) is 0. The number of hydrogen-bond acceptors (Lipinski definition) is 4. The maximum atomic E-state index is 11.2. The Bertz CT molecular complexity index is 181. The standard InChI is InChI=1S/C11H23NO3/c1-5-10(7-13)12-9(3)6-8(2)11(14)15-4/h8-10,12-13H,5-7H2,1-4H3. The largest absolute Gasteiger partial charge is 0.469 e. The summed E-state index contributed by atoms with van der Waals surface area (Å²) in [4.78, 5) is 11.2. The lowest BCUT2D eigenvalue weighted by Gasteiger charge is -2.22. The fourth-order valence-corrected chi connectivity index (χ4v) is 1.60. The Morgan fingerprint density at radius 2 is 2.07 bits per heavy atom. The summed E-state index contributed by atoms with van der Waals surface area (Å²) >= 11 is 0. The number of methoxy groups -OCH3 is 1. The van der Waals surface area contributed by atoms with Crippen LogP contribution in [0.5, 0.6) is 0 Å². The lowest BCUT2D eigenvalue weighted by atomic mass is 10.0. The van der Waals surface area contributed by atoms with E-state index in [9.17, 15) is 4.79 Å². The monoisotopic (exact) mass is 217 g/mol. The lowest BCUT2D eigenvalue weighted by Crippen LogP contribution is -2.40. The van der Waals surface area contributed by atoms with Crippen LogP contribution in [0.25, 0.3) is 0 Å². The van der Waals surface area contributed by atoms with Crippen LogP contribution in [-0.4, -0.2) is 36.9 Å². The molecule has 3 unspecified atom stereocenters. The zero-order chi connectivity index (χ0) is 11.8. The second kappa shape index (κ2) is 7.65. The molecule has 0 aliphatic rings.